The Morgan fingerprint density at radius 1 is 1.38 bits per heavy atom. The highest BCUT2D eigenvalue weighted by molar-refractivity contribution is 9.10. The number of aromatic nitrogens is 1. The molecule has 0 saturated carbocycles. The Balaban J connectivity index is 2.10. The summed E-state index contributed by atoms with van der Waals surface area (Å²) in [7, 11) is 0. The number of hydrogen-bond donors (Lipinski definition) is 0. The topological polar surface area (TPSA) is 25.4 Å². The maximum absolute atomic E-state index is 13.1. The van der Waals surface area contributed by atoms with Gasteiger partial charge in [-0.2, -0.15) is 13.2 Å². The average molecular weight is 388 g/mol. The van der Waals surface area contributed by atoms with Crippen molar-refractivity contribution in [1.29, 1.82) is 0 Å². The fraction of sp³-hybridized carbons (Fsp3) is 0.615. The van der Waals surface area contributed by atoms with E-state index in [-0.39, 0.29) is 11.9 Å². The number of halogens is 5. The number of hydrogen-bond acceptors (Lipinski definition) is 3. The van der Waals surface area contributed by atoms with Crippen LogP contribution in [0.3, 0.4) is 0 Å². The van der Waals surface area contributed by atoms with Crippen molar-refractivity contribution in [2.75, 3.05) is 30.5 Å². The van der Waals surface area contributed by atoms with Gasteiger partial charge in [0.05, 0.1) is 18.3 Å². The molecule has 8 heteroatoms. The predicted octanol–water partition coefficient (Wildman–Crippen LogP) is 4.09. The summed E-state index contributed by atoms with van der Waals surface area (Å²) in [5.74, 6) is 0.411. The highest BCUT2D eigenvalue weighted by Crippen LogP contribution is 2.37. The van der Waals surface area contributed by atoms with Gasteiger partial charge >= 0.3 is 6.18 Å². The quantitative estimate of drug-likeness (QED) is 0.728. The fourth-order valence-corrected chi connectivity index (χ4v) is 2.76. The predicted molar refractivity (Wildman–Crippen MR) is 78.8 cm³/mol. The van der Waals surface area contributed by atoms with Gasteiger partial charge in [0.25, 0.3) is 0 Å². The molecular weight excluding hydrogens is 373 g/mol. The van der Waals surface area contributed by atoms with Crippen LogP contribution in [0.25, 0.3) is 0 Å². The van der Waals surface area contributed by atoms with E-state index in [1.54, 1.807) is 4.90 Å². The van der Waals surface area contributed by atoms with Gasteiger partial charge in [0.1, 0.15) is 5.82 Å². The summed E-state index contributed by atoms with van der Waals surface area (Å²) >= 11 is 8.59. The summed E-state index contributed by atoms with van der Waals surface area (Å²) in [5, 5.41) is 0. The Morgan fingerprint density at radius 2 is 2.05 bits per heavy atom. The Morgan fingerprint density at radius 3 is 2.62 bits per heavy atom. The van der Waals surface area contributed by atoms with Crippen molar-refractivity contribution in [3.63, 3.8) is 0 Å². The minimum Gasteiger partial charge on any atom is -0.377 e. The Labute approximate surface area is 134 Å². The van der Waals surface area contributed by atoms with Gasteiger partial charge in [-0.25, -0.2) is 4.98 Å². The second kappa shape index (κ2) is 7.15. The van der Waals surface area contributed by atoms with Crippen LogP contribution in [0.4, 0.5) is 19.0 Å². The zero-order valence-corrected chi connectivity index (χ0v) is 13.5. The standard InChI is InChI=1S/C13H15BrClF3N2O/c14-9-7-11(13(16,17)18)12(19-8-9)20-4-1-10(2-5-20)21-6-3-15/h7-8,10H,1-6H2. The smallest absolute Gasteiger partial charge is 0.377 e. The molecule has 0 amide bonds. The minimum atomic E-state index is -4.42. The molecule has 1 fully saturated rings. The first-order chi connectivity index (χ1) is 9.91. The molecule has 1 aliphatic rings. The van der Waals surface area contributed by atoms with Crippen molar-refractivity contribution in [3.8, 4) is 0 Å². The van der Waals surface area contributed by atoms with Gasteiger partial charge in [-0.1, -0.05) is 0 Å². The lowest BCUT2D eigenvalue weighted by molar-refractivity contribution is -0.137. The van der Waals surface area contributed by atoms with Crippen molar-refractivity contribution in [2.24, 2.45) is 0 Å². The second-order valence-electron chi connectivity index (χ2n) is 4.77. The van der Waals surface area contributed by atoms with Gasteiger partial charge in [-0.15, -0.1) is 11.6 Å². The zero-order valence-electron chi connectivity index (χ0n) is 11.2. The number of piperidine rings is 1. The van der Waals surface area contributed by atoms with Crippen LogP contribution in [-0.2, 0) is 10.9 Å². The van der Waals surface area contributed by atoms with E-state index in [1.807, 2.05) is 0 Å². The summed E-state index contributed by atoms with van der Waals surface area (Å²) in [5.41, 5.74) is -0.711. The molecule has 0 aliphatic carbocycles. The molecule has 0 bridgehead atoms. The maximum Gasteiger partial charge on any atom is 0.419 e. The minimum absolute atomic E-state index is 0.0125. The molecule has 0 aromatic carbocycles. The number of alkyl halides is 4. The van der Waals surface area contributed by atoms with Crippen LogP contribution in [-0.4, -0.2) is 36.7 Å². The van der Waals surface area contributed by atoms with Crippen LogP contribution in [0.5, 0.6) is 0 Å². The van der Waals surface area contributed by atoms with Crippen molar-refractivity contribution in [1.82, 2.24) is 4.98 Å². The van der Waals surface area contributed by atoms with Crippen LogP contribution in [0.1, 0.15) is 18.4 Å². The summed E-state index contributed by atoms with van der Waals surface area (Å²) in [4.78, 5) is 5.62. The third-order valence-corrected chi connectivity index (χ3v) is 3.90. The van der Waals surface area contributed by atoms with E-state index >= 15 is 0 Å². The van der Waals surface area contributed by atoms with Gasteiger partial charge < -0.3 is 9.64 Å². The van der Waals surface area contributed by atoms with Crippen LogP contribution in [0.15, 0.2) is 16.7 Å². The van der Waals surface area contributed by atoms with Crippen LogP contribution < -0.4 is 4.90 Å². The van der Waals surface area contributed by atoms with E-state index < -0.39 is 11.7 Å². The van der Waals surface area contributed by atoms with Crippen LogP contribution in [0, 0.1) is 0 Å². The lowest BCUT2D eigenvalue weighted by atomic mass is 10.1. The lowest BCUT2D eigenvalue weighted by Crippen LogP contribution is -2.38. The third kappa shape index (κ3) is 4.47. The summed E-state index contributed by atoms with van der Waals surface area (Å²) in [6.07, 6.45) is -1.62. The fourth-order valence-electron chi connectivity index (χ4n) is 2.34. The molecule has 0 atom stereocenters. The van der Waals surface area contributed by atoms with Gasteiger partial charge in [-0.05, 0) is 34.8 Å². The molecule has 1 saturated heterocycles. The second-order valence-corrected chi connectivity index (χ2v) is 6.06. The van der Waals surface area contributed by atoms with Gasteiger partial charge in [-0.3, -0.25) is 0 Å². The first kappa shape index (κ1) is 16.8. The maximum atomic E-state index is 13.1. The zero-order chi connectivity index (χ0) is 15.5. The van der Waals surface area contributed by atoms with Crippen molar-refractivity contribution in [2.45, 2.75) is 25.1 Å². The number of nitrogens with zero attached hydrogens (tertiary/aromatic N) is 2. The number of anilines is 1. The SMILES string of the molecule is FC(F)(F)c1cc(Br)cnc1N1CCC(OCCCl)CC1. The number of rotatable bonds is 4. The number of ether oxygens (including phenoxy) is 1. The molecule has 0 N–H and O–H groups in total. The molecule has 118 valence electrons. The molecule has 3 nitrogen and oxygen atoms in total. The third-order valence-electron chi connectivity index (χ3n) is 3.31. The Hall–Kier alpha value is -0.530. The highest BCUT2D eigenvalue weighted by atomic mass is 79.9. The molecule has 1 aliphatic heterocycles. The lowest BCUT2D eigenvalue weighted by Gasteiger charge is -2.34. The van der Waals surface area contributed by atoms with E-state index in [2.05, 4.69) is 20.9 Å². The normalized spacial score (nSPS) is 17.3. The highest BCUT2D eigenvalue weighted by Gasteiger charge is 2.37. The average Bonchev–Trinajstić information content (AvgIpc) is 2.45. The van der Waals surface area contributed by atoms with Gasteiger partial charge in [0.15, 0.2) is 0 Å². The molecule has 1 aromatic heterocycles. The van der Waals surface area contributed by atoms with Crippen molar-refractivity contribution in [3.05, 3.63) is 22.3 Å². The molecule has 21 heavy (non-hydrogen) atoms. The van der Waals surface area contributed by atoms with Crippen LogP contribution >= 0.6 is 27.5 Å². The van der Waals surface area contributed by atoms with E-state index in [0.717, 1.165) is 6.07 Å². The van der Waals surface area contributed by atoms with E-state index in [1.165, 1.54) is 6.20 Å². The Kier molecular flexibility index (Phi) is 5.73. The monoisotopic (exact) mass is 386 g/mol. The molecule has 1 aromatic rings. The molecule has 2 heterocycles. The van der Waals surface area contributed by atoms with E-state index in [4.69, 9.17) is 16.3 Å². The van der Waals surface area contributed by atoms with Crippen molar-refractivity contribution < 1.29 is 17.9 Å². The Bertz CT molecular complexity index is 479. The summed E-state index contributed by atoms with van der Waals surface area (Å²) < 4.78 is 45.1. The van der Waals surface area contributed by atoms with Crippen LogP contribution in [0.2, 0.25) is 0 Å². The largest absolute Gasteiger partial charge is 0.419 e. The first-order valence-electron chi connectivity index (χ1n) is 6.57. The molecule has 0 radical (unpaired) electrons. The molecule has 0 unspecified atom stereocenters. The molecule has 2 rings (SSSR count). The van der Waals surface area contributed by atoms with E-state index in [0.29, 0.717) is 42.9 Å². The summed E-state index contributed by atoms with van der Waals surface area (Å²) in [6, 6.07) is 1.07. The first-order valence-corrected chi connectivity index (χ1v) is 7.90. The molecular formula is C13H15BrClF3N2O. The van der Waals surface area contributed by atoms with Crippen molar-refractivity contribution >= 4 is 33.3 Å². The number of pyridine rings is 1. The molecule has 0 spiro atoms. The van der Waals surface area contributed by atoms with Gasteiger partial charge in [0.2, 0.25) is 0 Å². The van der Waals surface area contributed by atoms with Gasteiger partial charge in [0, 0.05) is 29.6 Å². The summed E-state index contributed by atoms with van der Waals surface area (Å²) in [6.45, 7) is 1.45. The van der Waals surface area contributed by atoms with E-state index in [9.17, 15) is 13.2 Å².